The van der Waals surface area contributed by atoms with Gasteiger partial charge in [0.05, 0.1) is 23.9 Å². The van der Waals surface area contributed by atoms with Crippen LogP contribution < -0.4 is 11.5 Å². The molecule has 1 amide bonds. The van der Waals surface area contributed by atoms with Gasteiger partial charge in [-0.05, 0) is 19.1 Å². The van der Waals surface area contributed by atoms with Crippen LogP contribution in [0, 0.1) is 5.82 Å². The molecule has 0 bridgehead atoms. The highest BCUT2D eigenvalue weighted by atomic mass is 19.1. The predicted octanol–water partition coefficient (Wildman–Crippen LogP) is 0.869. The lowest BCUT2D eigenvalue weighted by molar-refractivity contribution is 0.0527. The summed E-state index contributed by atoms with van der Waals surface area (Å²) in [7, 11) is 0. The van der Waals surface area contributed by atoms with Gasteiger partial charge in [-0.1, -0.05) is 0 Å². The first-order valence-corrected chi connectivity index (χ1v) is 6.05. The quantitative estimate of drug-likeness (QED) is 0.641. The van der Waals surface area contributed by atoms with E-state index in [1.807, 2.05) is 0 Å². The van der Waals surface area contributed by atoms with Gasteiger partial charge in [-0.3, -0.25) is 4.79 Å². The molecule has 110 valence electrons. The third-order valence-corrected chi connectivity index (χ3v) is 2.73. The second kappa shape index (κ2) is 5.61. The number of aromatic nitrogens is 2. The van der Waals surface area contributed by atoms with Crippen LogP contribution in [0.15, 0.2) is 24.5 Å². The van der Waals surface area contributed by atoms with Crippen LogP contribution in [0.25, 0.3) is 5.69 Å². The minimum absolute atomic E-state index is 0.0179. The van der Waals surface area contributed by atoms with Crippen LogP contribution in [0.4, 0.5) is 10.1 Å². The molecule has 8 heteroatoms. The second-order valence-corrected chi connectivity index (χ2v) is 4.15. The van der Waals surface area contributed by atoms with Crippen LogP contribution in [0.3, 0.4) is 0 Å². The molecule has 1 aromatic heterocycles. The normalized spacial score (nSPS) is 10.4. The number of anilines is 1. The number of carbonyl (C=O) groups is 2. The van der Waals surface area contributed by atoms with Crippen molar-refractivity contribution in [2.45, 2.75) is 6.92 Å². The number of hydrogen-bond acceptors (Lipinski definition) is 5. The standard InChI is InChI=1S/C13H13FN4O3/c1-2-21-13(20)8-3-11(9(14)4-10(8)15)18-6-7(5-17-18)12(16)19/h3-6H,2,15H2,1H3,(H2,16,19). The smallest absolute Gasteiger partial charge is 0.340 e. The van der Waals surface area contributed by atoms with Crippen LogP contribution in [0.2, 0.25) is 0 Å². The number of ether oxygens (including phenoxy) is 1. The van der Waals surface area contributed by atoms with Crippen LogP contribution in [-0.2, 0) is 4.74 Å². The minimum atomic E-state index is -0.695. The first-order valence-electron chi connectivity index (χ1n) is 6.05. The Balaban J connectivity index is 2.50. The Morgan fingerprint density at radius 1 is 1.43 bits per heavy atom. The molecular weight excluding hydrogens is 279 g/mol. The zero-order chi connectivity index (χ0) is 15.6. The number of rotatable bonds is 4. The molecule has 2 rings (SSSR count). The summed E-state index contributed by atoms with van der Waals surface area (Å²) in [5, 5.41) is 3.83. The third kappa shape index (κ3) is 2.83. The highest BCUT2D eigenvalue weighted by Gasteiger charge is 2.17. The van der Waals surface area contributed by atoms with Crippen molar-refractivity contribution in [3.05, 3.63) is 41.5 Å². The number of nitrogen functional groups attached to an aromatic ring is 1. The third-order valence-electron chi connectivity index (χ3n) is 2.73. The molecule has 0 aliphatic rings. The van der Waals surface area contributed by atoms with E-state index >= 15 is 0 Å². The van der Waals surface area contributed by atoms with E-state index in [1.54, 1.807) is 6.92 Å². The fraction of sp³-hybridized carbons (Fsp3) is 0.154. The zero-order valence-electron chi connectivity index (χ0n) is 11.2. The average Bonchev–Trinajstić information content (AvgIpc) is 2.88. The van der Waals surface area contributed by atoms with E-state index in [0.717, 1.165) is 10.7 Å². The molecule has 0 atom stereocenters. The average molecular weight is 292 g/mol. The number of hydrogen-bond donors (Lipinski definition) is 2. The lowest BCUT2D eigenvalue weighted by Crippen LogP contribution is -2.11. The molecule has 7 nitrogen and oxygen atoms in total. The van der Waals surface area contributed by atoms with Gasteiger partial charge >= 0.3 is 5.97 Å². The number of nitrogens with two attached hydrogens (primary N) is 2. The SMILES string of the molecule is CCOC(=O)c1cc(-n2cc(C(N)=O)cn2)c(F)cc1N. The highest BCUT2D eigenvalue weighted by molar-refractivity contribution is 5.96. The van der Waals surface area contributed by atoms with Crippen molar-refractivity contribution >= 4 is 17.6 Å². The van der Waals surface area contributed by atoms with Gasteiger partial charge in [0, 0.05) is 11.9 Å². The van der Waals surface area contributed by atoms with Crippen molar-refractivity contribution in [3.8, 4) is 5.69 Å². The van der Waals surface area contributed by atoms with Gasteiger partial charge in [0.2, 0.25) is 0 Å². The van der Waals surface area contributed by atoms with Gasteiger partial charge in [-0.2, -0.15) is 5.10 Å². The maximum absolute atomic E-state index is 14.0. The Bertz CT molecular complexity index is 711. The minimum Gasteiger partial charge on any atom is -0.462 e. The van der Waals surface area contributed by atoms with Crippen molar-refractivity contribution in [2.75, 3.05) is 12.3 Å². The van der Waals surface area contributed by atoms with Crippen molar-refractivity contribution in [1.29, 1.82) is 0 Å². The molecule has 0 fully saturated rings. The van der Waals surface area contributed by atoms with Gasteiger partial charge in [-0.25, -0.2) is 13.9 Å². The highest BCUT2D eigenvalue weighted by Crippen LogP contribution is 2.22. The molecule has 1 aromatic carbocycles. The van der Waals surface area contributed by atoms with Gasteiger partial charge in [-0.15, -0.1) is 0 Å². The molecule has 0 aliphatic heterocycles. The Morgan fingerprint density at radius 3 is 2.71 bits per heavy atom. The maximum atomic E-state index is 14.0. The molecule has 2 aromatic rings. The summed E-state index contributed by atoms with van der Waals surface area (Å²) in [5.74, 6) is -2.05. The second-order valence-electron chi connectivity index (χ2n) is 4.15. The van der Waals surface area contributed by atoms with E-state index in [2.05, 4.69) is 5.10 Å². The van der Waals surface area contributed by atoms with E-state index < -0.39 is 17.7 Å². The monoisotopic (exact) mass is 292 g/mol. The van der Waals surface area contributed by atoms with E-state index in [0.29, 0.717) is 0 Å². The number of carbonyl (C=O) groups excluding carboxylic acids is 2. The van der Waals surface area contributed by atoms with Crippen LogP contribution in [0.1, 0.15) is 27.6 Å². The Morgan fingerprint density at radius 2 is 2.14 bits per heavy atom. The van der Waals surface area contributed by atoms with Crippen molar-refractivity contribution in [2.24, 2.45) is 5.73 Å². The van der Waals surface area contributed by atoms with Gasteiger partial charge in [0.15, 0.2) is 5.82 Å². The number of primary amides is 1. The summed E-state index contributed by atoms with van der Waals surface area (Å²) in [4.78, 5) is 22.8. The predicted molar refractivity (Wildman–Crippen MR) is 72.4 cm³/mol. The molecule has 0 saturated heterocycles. The molecule has 0 aliphatic carbocycles. The Labute approximate surface area is 119 Å². The number of halogens is 1. The molecule has 0 spiro atoms. The summed E-state index contributed by atoms with van der Waals surface area (Å²) >= 11 is 0. The van der Waals surface area contributed by atoms with Crippen LogP contribution in [0.5, 0.6) is 0 Å². The fourth-order valence-corrected chi connectivity index (χ4v) is 1.72. The molecular formula is C13H13FN4O3. The first-order chi connectivity index (χ1) is 9.93. The zero-order valence-corrected chi connectivity index (χ0v) is 11.2. The lowest BCUT2D eigenvalue weighted by atomic mass is 10.1. The Kier molecular flexibility index (Phi) is 3.88. The summed E-state index contributed by atoms with van der Waals surface area (Å²) in [5.41, 5.74) is 10.8. The molecule has 0 unspecified atom stereocenters. The van der Waals surface area contributed by atoms with E-state index in [4.69, 9.17) is 16.2 Å². The van der Waals surface area contributed by atoms with Crippen molar-refractivity contribution in [1.82, 2.24) is 9.78 Å². The van der Waals surface area contributed by atoms with Gasteiger partial charge in [0.1, 0.15) is 5.69 Å². The van der Waals surface area contributed by atoms with E-state index in [1.165, 1.54) is 18.5 Å². The molecule has 0 saturated carbocycles. The molecule has 4 N–H and O–H groups in total. The van der Waals surface area contributed by atoms with E-state index in [9.17, 15) is 14.0 Å². The van der Waals surface area contributed by atoms with E-state index in [-0.39, 0.29) is 29.1 Å². The van der Waals surface area contributed by atoms with Crippen molar-refractivity contribution < 1.29 is 18.7 Å². The molecule has 21 heavy (non-hydrogen) atoms. The molecule has 1 heterocycles. The van der Waals surface area contributed by atoms with Crippen molar-refractivity contribution in [3.63, 3.8) is 0 Å². The first kappa shape index (κ1) is 14.5. The topological polar surface area (TPSA) is 113 Å². The lowest BCUT2D eigenvalue weighted by Gasteiger charge is -2.09. The summed E-state index contributed by atoms with van der Waals surface area (Å²) in [6, 6.07) is 2.20. The number of nitrogens with zero attached hydrogens (tertiary/aromatic N) is 2. The fourth-order valence-electron chi connectivity index (χ4n) is 1.72. The van der Waals surface area contributed by atoms with Gasteiger partial charge in [0.25, 0.3) is 5.91 Å². The summed E-state index contributed by atoms with van der Waals surface area (Å²) < 4.78 is 19.9. The summed E-state index contributed by atoms with van der Waals surface area (Å²) in [6.07, 6.45) is 2.45. The maximum Gasteiger partial charge on any atom is 0.340 e. The van der Waals surface area contributed by atoms with Crippen LogP contribution in [-0.4, -0.2) is 28.3 Å². The number of benzene rings is 1. The van der Waals surface area contributed by atoms with Gasteiger partial charge < -0.3 is 16.2 Å². The largest absolute Gasteiger partial charge is 0.462 e. The number of amides is 1. The number of esters is 1. The summed E-state index contributed by atoms with van der Waals surface area (Å²) in [6.45, 7) is 1.81. The molecule has 0 radical (unpaired) electrons. The Hall–Kier alpha value is -2.90. The van der Waals surface area contributed by atoms with Crippen LogP contribution >= 0.6 is 0 Å².